The second kappa shape index (κ2) is 9.69. The van der Waals surface area contributed by atoms with E-state index in [1.807, 2.05) is 32.0 Å². The Bertz CT molecular complexity index is 772. The number of hydrogen-bond donors (Lipinski definition) is 1. The monoisotopic (exact) mass is 404 g/mol. The smallest absolute Gasteiger partial charge is 0.267 e. The predicted molar refractivity (Wildman–Crippen MR) is 111 cm³/mol. The molecule has 2 aliphatic heterocycles. The van der Waals surface area contributed by atoms with Crippen molar-refractivity contribution in [2.24, 2.45) is 0 Å². The number of carbonyl (C=O) groups is 2. The van der Waals surface area contributed by atoms with Crippen molar-refractivity contribution in [2.75, 3.05) is 51.8 Å². The number of morpholine rings is 1. The summed E-state index contributed by atoms with van der Waals surface area (Å²) < 4.78 is 5.36. The lowest BCUT2D eigenvalue weighted by molar-refractivity contribution is -0.136. The van der Waals surface area contributed by atoms with Crippen LogP contribution < -0.4 is 0 Å². The van der Waals surface area contributed by atoms with Crippen molar-refractivity contribution in [2.45, 2.75) is 20.3 Å². The number of imide groups is 1. The quantitative estimate of drug-likeness (QED) is 0.667. The van der Waals surface area contributed by atoms with Gasteiger partial charge in [-0.05, 0) is 37.0 Å². The number of aliphatic hydroxyl groups excluding tert-OH is 1. The first-order valence-corrected chi connectivity index (χ1v) is 10.7. The Morgan fingerprint density at radius 1 is 1.07 bits per heavy atom. The number of aryl methyl sites for hydroxylation is 2. The van der Waals surface area contributed by atoms with Crippen molar-refractivity contribution in [3.63, 3.8) is 0 Å². The lowest BCUT2D eigenvalue weighted by Crippen LogP contribution is -2.39. The zero-order chi connectivity index (χ0) is 20.1. The van der Waals surface area contributed by atoms with Crippen molar-refractivity contribution < 1.29 is 19.4 Å². The van der Waals surface area contributed by atoms with E-state index < -0.39 is 0 Å². The van der Waals surface area contributed by atoms with E-state index in [4.69, 9.17) is 4.74 Å². The van der Waals surface area contributed by atoms with E-state index in [9.17, 15) is 14.7 Å². The van der Waals surface area contributed by atoms with Crippen LogP contribution in [0, 0.1) is 13.8 Å². The fourth-order valence-corrected chi connectivity index (χ4v) is 4.35. The molecule has 0 saturated carbocycles. The fraction of sp³-hybridized carbons (Fsp3) is 0.524. The van der Waals surface area contributed by atoms with Crippen molar-refractivity contribution in [3.8, 4) is 0 Å². The Morgan fingerprint density at radius 2 is 1.82 bits per heavy atom. The maximum absolute atomic E-state index is 13.1. The average molecular weight is 405 g/mol. The molecule has 0 spiro atoms. The summed E-state index contributed by atoms with van der Waals surface area (Å²) in [4.78, 5) is 30.2. The number of rotatable bonds is 8. The lowest BCUT2D eigenvalue weighted by Gasteiger charge is -2.27. The van der Waals surface area contributed by atoms with Gasteiger partial charge < -0.3 is 9.84 Å². The van der Waals surface area contributed by atoms with Crippen molar-refractivity contribution in [3.05, 3.63) is 39.8 Å². The van der Waals surface area contributed by atoms with Gasteiger partial charge in [0.2, 0.25) is 0 Å². The SMILES string of the molecule is Cc1ccc(C2=C(SCCO)C(=O)N(CCCN3CCOCC3)C2=O)cc1C. The highest BCUT2D eigenvalue weighted by Gasteiger charge is 2.38. The third-order valence-electron chi connectivity index (χ3n) is 5.22. The molecule has 7 heteroatoms. The molecule has 28 heavy (non-hydrogen) atoms. The summed E-state index contributed by atoms with van der Waals surface area (Å²) in [5, 5.41) is 9.20. The molecule has 0 unspecified atom stereocenters. The zero-order valence-corrected chi connectivity index (χ0v) is 17.4. The van der Waals surface area contributed by atoms with Gasteiger partial charge in [0.1, 0.15) is 0 Å². The van der Waals surface area contributed by atoms with Gasteiger partial charge in [-0.15, -0.1) is 11.8 Å². The first kappa shape index (κ1) is 21.0. The summed E-state index contributed by atoms with van der Waals surface area (Å²) in [6, 6.07) is 5.84. The molecule has 1 saturated heterocycles. The Kier molecular flexibility index (Phi) is 7.29. The fourth-order valence-electron chi connectivity index (χ4n) is 3.47. The molecule has 152 valence electrons. The van der Waals surface area contributed by atoms with E-state index in [0.717, 1.165) is 56.0 Å². The molecule has 3 rings (SSSR count). The van der Waals surface area contributed by atoms with Crippen LogP contribution >= 0.6 is 11.8 Å². The molecule has 1 N–H and O–H groups in total. The molecule has 2 amide bonds. The van der Waals surface area contributed by atoms with Gasteiger partial charge >= 0.3 is 0 Å². The van der Waals surface area contributed by atoms with Gasteiger partial charge in [0.15, 0.2) is 0 Å². The number of benzene rings is 1. The molecule has 0 aromatic heterocycles. The molecule has 2 heterocycles. The molecule has 6 nitrogen and oxygen atoms in total. The van der Waals surface area contributed by atoms with Crippen LogP contribution in [0.2, 0.25) is 0 Å². The number of hydrogen-bond acceptors (Lipinski definition) is 6. The minimum Gasteiger partial charge on any atom is -0.396 e. The first-order chi connectivity index (χ1) is 13.5. The second-order valence-corrected chi connectivity index (χ2v) is 8.25. The number of amides is 2. The van der Waals surface area contributed by atoms with E-state index >= 15 is 0 Å². The van der Waals surface area contributed by atoms with Crippen LogP contribution in [-0.2, 0) is 14.3 Å². The van der Waals surface area contributed by atoms with E-state index in [1.165, 1.54) is 16.7 Å². The molecule has 0 bridgehead atoms. The molecular formula is C21H28N2O4S. The standard InChI is InChI=1S/C21H28N2O4S/c1-15-4-5-17(14-16(15)2)18-19(28-13-10-24)21(26)23(20(18)25)7-3-6-22-8-11-27-12-9-22/h4-5,14,24H,3,6-13H2,1-2H3. The molecule has 1 aromatic rings. The maximum atomic E-state index is 13.1. The molecule has 0 atom stereocenters. The van der Waals surface area contributed by atoms with E-state index in [1.54, 1.807) is 0 Å². The van der Waals surface area contributed by atoms with Gasteiger partial charge in [-0.2, -0.15) is 0 Å². The third-order valence-corrected chi connectivity index (χ3v) is 6.27. The summed E-state index contributed by atoms with van der Waals surface area (Å²) >= 11 is 1.26. The van der Waals surface area contributed by atoms with Crippen LogP contribution in [0.4, 0.5) is 0 Å². The Balaban J connectivity index is 1.75. The summed E-state index contributed by atoms with van der Waals surface area (Å²) in [6.45, 7) is 8.51. The Hall–Kier alpha value is -1.67. The van der Waals surface area contributed by atoms with Crippen LogP contribution in [0.3, 0.4) is 0 Å². The van der Waals surface area contributed by atoms with Crippen LogP contribution in [0.5, 0.6) is 0 Å². The summed E-state index contributed by atoms with van der Waals surface area (Å²) in [5.74, 6) is -0.0704. The van der Waals surface area contributed by atoms with Gasteiger partial charge in [0.25, 0.3) is 11.8 Å². The van der Waals surface area contributed by atoms with E-state index in [2.05, 4.69) is 4.90 Å². The molecule has 1 fully saturated rings. The summed E-state index contributed by atoms with van der Waals surface area (Å²) in [7, 11) is 0. The summed E-state index contributed by atoms with van der Waals surface area (Å²) in [6.07, 6.45) is 0.746. The maximum Gasteiger partial charge on any atom is 0.267 e. The normalized spacial score (nSPS) is 18.5. The number of aliphatic hydroxyl groups is 1. The van der Waals surface area contributed by atoms with Crippen LogP contribution in [-0.4, -0.2) is 78.5 Å². The molecular weight excluding hydrogens is 376 g/mol. The van der Waals surface area contributed by atoms with Crippen LogP contribution in [0.25, 0.3) is 5.57 Å². The van der Waals surface area contributed by atoms with E-state index in [0.29, 0.717) is 22.8 Å². The lowest BCUT2D eigenvalue weighted by atomic mass is 10.0. The first-order valence-electron chi connectivity index (χ1n) is 9.74. The highest BCUT2D eigenvalue weighted by Crippen LogP contribution is 2.36. The number of nitrogens with zero attached hydrogens (tertiary/aromatic N) is 2. The average Bonchev–Trinajstić information content (AvgIpc) is 2.93. The number of thioether (sulfide) groups is 1. The van der Waals surface area contributed by atoms with Gasteiger partial charge in [0.05, 0.1) is 30.3 Å². The third kappa shape index (κ3) is 4.66. The van der Waals surface area contributed by atoms with Crippen LogP contribution in [0.15, 0.2) is 23.1 Å². The highest BCUT2D eigenvalue weighted by molar-refractivity contribution is 8.04. The largest absolute Gasteiger partial charge is 0.396 e. The van der Waals surface area contributed by atoms with Crippen molar-refractivity contribution in [1.82, 2.24) is 9.80 Å². The highest BCUT2D eigenvalue weighted by atomic mass is 32.2. The predicted octanol–water partition coefficient (Wildman–Crippen LogP) is 1.83. The zero-order valence-electron chi connectivity index (χ0n) is 16.6. The van der Waals surface area contributed by atoms with Gasteiger partial charge in [0, 0.05) is 31.9 Å². The second-order valence-electron chi connectivity index (χ2n) is 7.14. The summed E-state index contributed by atoms with van der Waals surface area (Å²) in [5.41, 5.74) is 3.48. The van der Waals surface area contributed by atoms with Crippen LogP contribution in [0.1, 0.15) is 23.1 Å². The topological polar surface area (TPSA) is 70.1 Å². The number of carbonyl (C=O) groups excluding carboxylic acids is 2. The van der Waals surface area contributed by atoms with Gasteiger partial charge in [-0.1, -0.05) is 18.2 Å². The Labute approximate surface area is 170 Å². The van der Waals surface area contributed by atoms with Gasteiger partial charge in [-0.3, -0.25) is 19.4 Å². The minimum absolute atomic E-state index is 0.0348. The van der Waals surface area contributed by atoms with Crippen molar-refractivity contribution >= 4 is 29.1 Å². The number of ether oxygens (including phenoxy) is 1. The molecule has 2 aliphatic rings. The molecule has 0 aliphatic carbocycles. The minimum atomic E-state index is -0.237. The molecule has 1 aromatic carbocycles. The van der Waals surface area contributed by atoms with E-state index in [-0.39, 0.29) is 18.4 Å². The van der Waals surface area contributed by atoms with Gasteiger partial charge in [-0.25, -0.2) is 0 Å². The molecule has 0 radical (unpaired) electrons. The van der Waals surface area contributed by atoms with Crippen molar-refractivity contribution in [1.29, 1.82) is 0 Å². The Morgan fingerprint density at radius 3 is 2.50 bits per heavy atom.